The first-order valence-corrected chi connectivity index (χ1v) is 8.04. The Labute approximate surface area is 124 Å². The molecule has 0 radical (unpaired) electrons. The molecule has 3 heteroatoms. The Hall–Kier alpha value is -0.410. The van der Waals surface area contributed by atoms with Crippen molar-refractivity contribution in [3.05, 3.63) is 34.1 Å². The monoisotopic (exact) mass is 327 g/mol. The second-order valence-electron chi connectivity index (χ2n) is 5.68. The molecule has 0 amide bonds. The predicted octanol–water partition coefficient (Wildman–Crippen LogP) is 4.55. The summed E-state index contributed by atoms with van der Waals surface area (Å²) in [5.41, 5.74) is 0.852. The Morgan fingerprint density at radius 3 is 2.79 bits per heavy atom. The average Bonchev–Trinajstić information content (AvgIpc) is 2.41. The Bertz CT molecular complexity index is 421. The number of nitrogens with one attached hydrogen (secondary N) is 1. The zero-order chi connectivity index (χ0) is 13.8. The van der Waals surface area contributed by atoms with Gasteiger partial charge in [-0.3, -0.25) is 0 Å². The van der Waals surface area contributed by atoms with E-state index in [2.05, 4.69) is 28.2 Å². The Kier molecular flexibility index (Phi) is 5.40. The Morgan fingerprint density at radius 2 is 2.16 bits per heavy atom. The Morgan fingerprint density at radius 1 is 1.37 bits per heavy atom. The molecule has 19 heavy (non-hydrogen) atoms. The van der Waals surface area contributed by atoms with Crippen LogP contribution in [0.5, 0.6) is 0 Å². The summed E-state index contributed by atoms with van der Waals surface area (Å²) >= 11 is 3.32. The molecular weight excluding hydrogens is 305 g/mol. The van der Waals surface area contributed by atoms with E-state index in [1.165, 1.54) is 25.7 Å². The van der Waals surface area contributed by atoms with E-state index in [4.69, 9.17) is 0 Å². The fraction of sp³-hybridized carbons (Fsp3) is 0.625. The molecule has 1 N–H and O–H groups in total. The molecule has 106 valence electrons. The van der Waals surface area contributed by atoms with Crippen LogP contribution in [0.3, 0.4) is 0 Å². The number of halogens is 2. The highest BCUT2D eigenvalue weighted by molar-refractivity contribution is 9.10. The molecule has 0 aliphatic heterocycles. The molecule has 1 aliphatic rings. The van der Waals surface area contributed by atoms with Gasteiger partial charge in [0.05, 0.1) is 0 Å². The molecule has 3 atom stereocenters. The van der Waals surface area contributed by atoms with Gasteiger partial charge in [-0.25, -0.2) is 4.39 Å². The van der Waals surface area contributed by atoms with E-state index >= 15 is 0 Å². The van der Waals surface area contributed by atoms with Crippen LogP contribution in [0.2, 0.25) is 0 Å². The normalized spacial score (nSPS) is 27.5. The third-order valence-electron chi connectivity index (χ3n) is 4.54. The van der Waals surface area contributed by atoms with E-state index in [0.29, 0.717) is 12.0 Å². The molecule has 2 rings (SSSR count). The van der Waals surface area contributed by atoms with Crippen LogP contribution in [-0.2, 0) is 6.42 Å². The molecule has 0 bridgehead atoms. The van der Waals surface area contributed by atoms with Crippen LogP contribution < -0.4 is 5.32 Å². The van der Waals surface area contributed by atoms with Crippen LogP contribution in [-0.4, -0.2) is 13.1 Å². The maximum absolute atomic E-state index is 14.0. The molecule has 0 saturated heterocycles. The summed E-state index contributed by atoms with van der Waals surface area (Å²) in [5.74, 6) is 1.29. The van der Waals surface area contributed by atoms with Gasteiger partial charge in [-0.15, -0.1) is 0 Å². The van der Waals surface area contributed by atoms with Crippen LogP contribution in [0.4, 0.5) is 4.39 Å². The summed E-state index contributed by atoms with van der Waals surface area (Å²) in [6.07, 6.45) is 5.84. The van der Waals surface area contributed by atoms with Crippen LogP contribution >= 0.6 is 15.9 Å². The van der Waals surface area contributed by atoms with Crippen LogP contribution in [0.25, 0.3) is 0 Å². The summed E-state index contributed by atoms with van der Waals surface area (Å²) in [6, 6.07) is 5.96. The lowest BCUT2D eigenvalue weighted by Gasteiger charge is -2.36. The van der Waals surface area contributed by atoms with Gasteiger partial charge in [-0.2, -0.15) is 0 Å². The molecule has 0 aromatic heterocycles. The van der Waals surface area contributed by atoms with Crippen molar-refractivity contribution in [1.82, 2.24) is 5.32 Å². The lowest BCUT2D eigenvalue weighted by molar-refractivity contribution is 0.204. The van der Waals surface area contributed by atoms with E-state index < -0.39 is 0 Å². The average molecular weight is 328 g/mol. The van der Waals surface area contributed by atoms with Gasteiger partial charge in [-0.1, -0.05) is 35.3 Å². The third-order valence-corrected chi connectivity index (χ3v) is 5.03. The van der Waals surface area contributed by atoms with Gasteiger partial charge in [0, 0.05) is 10.5 Å². The summed E-state index contributed by atoms with van der Waals surface area (Å²) in [7, 11) is 2.03. The van der Waals surface area contributed by atoms with Gasteiger partial charge >= 0.3 is 0 Å². The first-order valence-electron chi connectivity index (χ1n) is 7.25. The first kappa shape index (κ1) is 15.0. The van der Waals surface area contributed by atoms with Gasteiger partial charge in [-0.05, 0) is 62.3 Å². The second kappa shape index (κ2) is 6.85. The van der Waals surface area contributed by atoms with Gasteiger partial charge in [0.1, 0.15) is 5.82 Å². The minimum absolute atomic E-state index is 0.0807. The second-order valence-corrected chi connectivity index (χ2v) is 6.60. The molecule has 1 aliphatic carbocycles. The van der Waals surface area contributed by atoms with E-state index in [1.807, 2.05) is 19.2 Å². The highest BCUT2D eigenvalue weighted by atomic mass is 79.9. The number of benzene rings is 1. The lowest BCUT2D eigenvalue weighted by Crippen LogP contribution is -2.39. The minimum Gasteiger partial charge on any atom is -0.317 e. The topological polar surface area (TPSA) is 12.0 Å². The van der Waals surface area contributed by atoms with Crippen LogP contribution in [0.1, 0.15) is 38.2 Å². The molecule has 3 unspecified atom stereocenters. The standard InChI is InChI=1S/C16H23BrFN/c1-3-11-4-7-16(19-2)13(8-11)9-12-5-6-14(17)10-15(12)18/h5-6,10-11,13,16,19H,3-4,7-9H2,1-2H3. The van der Waals surface area contributed by atoms with Gasteiger partial charge in [0.15, 0.2) is 0 Å². The van der Waals surface area contributed by atoms with Crippen molar-refractivity contribution in [2.24, 2.45) is 11.8 Å². The number of rotatable bonds is 4. The largest absolute Gasteiger partial charge is 0.317 e. The smallest absolute Gasteiger partial charge is 0.127 e. The number of hydrogen-bond acceptors (Lipinski definition) is 1. The molecule has 0 spiro atoms. The first-order chi connectivity index (χ1) is 9.13. The maximum Gasteiger partial charge on any atom is 0.127 e. The molecule has 1 aromatic carbocycles. The van der Waals surface area contributed by atoms with Crippen LogP contribution in [0.15, 0.2) is 22.7 Å². The molecule has 0 heterocycles. The molecule has 1 nitrogen and oxygen atoms in total. The zero-order valence-corrected chi connectivity index (χ0v) is 13.3. The highest BCUT2D eigenvalue weighted by Gasteiger charge is 2.29. The van der Waals surface area contributed by atoms with Crippen molar-refractivity contribution in [2.75, 3.05) is 7.05 Å². The maximum atomic E-state index is 14.0. The Balaban J connectivity index is 2.09. The van der Waals surface area contributed by atoms with Gasteiger partial charge in [0.25, 0.3) is 0 Å². The summed E-state index contributed by atoms with van der Waals surface area (Å²) in [4.78, 5) is 0. The summed E-state index contributed by atoms with van der Waals surface area (Å²) in [5, 5.41) is 3.42. The van der Waals surface area contributed by atoms with Crippen molar-refractivity contribution >= 4 is 15.9 Å². The summed E-state index contributed by atoms with van der Waals surface area (Å²) in [6.45, 7) is 2.27. The predicted molar refractivity (Wildman–Crippen MR) is 81.8 cm³/mol. The lowest BCUT2D eigenvalue weighted by atomic mass is 9.74. The van der Waals surface area contributed by atoms with Crippen molar-refractivity contribution < 1.29 is 4.39 Å². The fourth-order valence-corrected chi connectivity index (χ4v) is 3.64. The SMILES string of the molecule is CCC1CCC(NC)C(Cc2ccc(Br)cc2F)C1. The van der Waals surface area contributed by atoms with E-state index in [0.717, 1.165) is 22.4 Å². The highest BCUT2D eigenvalue weighted by Crippen LogP contribution is 2.34. The molecular formula is C16H23BrFN. The van der Waals surface area contributed by atoms with Crippen molar-refractivity contribution in [1.29, 1.82) is 0 Å². The quantitative estimate of drug-likeness (QED) is 0.855. The summed E-state index contributed by atoms with van der Waals surface area (Å²) < 4.78 is 14.8. The van der Waals surface area contributed by atoms with E-state index in [9.17, 15) is 4.39 Å². The minimum atomic E-state index is -0.0807. The fourth-order valence-electron chi connectivity index (χ4n) is 3.31. The zero-order valence-electron chi connectivity index (χ0n) is 11.8. The van der Waals surface area contributed by atoms with Crippen LogP contribution in [0, 0.1) is 17.7 Å². The number of hydrogen-bond donors (Lipinski definition) is 1. The van der Waals surface area contributed by atoms with E-state index in [1.54, 1.807) is 6.07 Å². The van der Waals surface area contributed by atoms with Gasteiger partial charge in [0.2, 0.25) is 0 Å². The van der Waals surface area contributed by atoms with Crippen molar-refractivity contribution in [3.8, 4) is 0 Å². The molecule has 1 aromatic rings. The van der Waals surface area contributed by atoms with Gasteiger partial charge < -0.3 is 5.32 Å². The van der Waals surface area contributed by atoms with E-state index in [-0.39, 0.29) is 5.82 Å². The van der Waals surface area contributed by atoms with Crippen molar-refractivity contribution in [3.63, 3.8) is 0 Å². The third kappa shape index (κ3) is 3.79. The molecule has 1 saturated carbocycles. The molecule has 1 fully saturated rings. The van der Waals surface area contributed by atoms with Crippen molar-refractivity contribution in [2.45, 2.75) is 45.1 Å².